The summed E-state index contributed by atoms with van der Waals surface area (Å²) in [6.45, 7) is 2.24. The van der Waals surface area contributed by atoms with Crippen LogP contribution in [0.2, 0.25) is 0 Å². The maximum atomic E-state index is 13.6. The van der Waals surface area contributed by atoms with Crippen LogP contribution in [0.3, 0.4) is 0 Å². The average molecular weight is 685 g/mol. The van der Waals surface area contributed by atoms with Crippen LogP contribution in [0, 0.1) is 6.92 Å². The summed E-state index contributed by atoms with van der Waals surface area (Å²) in [7, 11) is -1.31. The van der Waals surface area contributed by atoms with Gasteiger partial charge in [-0.05, 0) is 61.8 Å². The third-order valence-corrected chi connectivity index (χ3v) is 10.4. The van der Waals surface area contributed by atoms with Crippen LogP contribution in [0.25, 0.3) is 11.3 Å². The number of ether oxygens (including phenoxy) is 1. The molecule has 1 aromatic carbocycles. The smallest absolute Gasteiger partial charge is 0.323 e. The molecule has 1 amide bonds. The number of nitrogens with zero attached hydrogens (tertiary/aromatic N) is 4. The van der Waals surface area contributed by atoms with E-state index in [1.54, 1.807) is 20.1 Å². The number of anilines is 1. The summed E-state index contributed by atoms with van der Waals surface area (Å²) in [5.74, 6) is -3.14. The number of carbonyl (C=O) groups is 3. The number of benzene rings is 1. The predicted molar refractivity (Wildman–Crippen MR) is 168 cm³/mol. The van der Waals surface area contributed by atoms with Crippen LogP contribution in [-0.2, 0) is 31.0 Å². The van der Waals surface area contributed by atoms with Crippen LogP contribution >= 0.6 is 35.3 Å². The number of hydrogen-bond acceptors (Lipinski definition) is 11. The van der Waals surface area contributed by atoms with Gasteiger partial charge in [-0.15, -0.1) is 11.3 Å². The Labute approximate surface area is 264 Å². The Morgan fingerprint density at radius 3 is 2.36 bits per heavy atom. The summed E-state index contributed by atoms with van der Waals surface area (Å²) in [4.78, 5) is 54.8. The predicted octanol–water partition coefficient (Wildman–Crippen LogP) is 0.465. The van der Waals surface area contributed by atoms with E-state index in [1.807, 2.05) is 24.0 Å². The van der Waals surface area contributed by atoms with Crippen molar-refractivity contribution in [2.75, 3.05) is 37.9 Å². The number of allylic oxidation sites excluding steroid dienone is 1. The molecule has 0 bridgehead atoms. The molecule has 18 heteroatoms. The first-order chi connectivity index (χ1) is 20.5. The minimum absolute atomic E-state index is 0.0594. The van der Waals surface area contributed by atoms with E-state index in [2.05, 4.69) is 0 Å². The first-order valence-electron chi connectivity index (χ1n) is 12.8. The molecule has 0 radical (unpaired) electrons. The first-order valence-corrected chi connectivity index (χ1v) is 16.5. The minimum atomic E-state index is -4.20. The van der Waals surface area contributed by atoms with Gasteiger partial charge in [0, 0.05) is 18.5 Å². The van der Waals surface area contributed by atoms with E-state index in [4.69, 9.17) is 17.0 Å². The topological polar surface area (TPSA) is 187 Å². The van der Waals surface area contributed by atoms with Gasteiger partial charge in [-0.2, -0.15) is 8.42 Å². The van der Waals surface area contributed by atoms with E-state index >= 15 is 0 Å². The SMILES string of the molecule is COc1cc2c(cc1C)N(CCCS(=O)(=O)O)C(=C/C(C)=c1/s/c(=C3\C(=O)N(C)C(=S)N3CC(=O)O)n(CC(=O)O)c1=O)S2. The molecule has 0 spiro atoms. The number of fused-ring (bicyclic) bond motifs is 1. The molecule has 0 atom stereocenters. The monoisotopic (exact) mass is 684 g/mol. The highest BCUT2D eigenvalue weighted by Gasteiger charge is 2.39. The van der Waals surface area contributed by atoms with Gasteiger partial charge >= 0.3 is 11.9 Å². The fraction of sp³-hybridized carbons (Fsp3) is 0.346. The molecule has 2 aliphatic heterocycles. The van der Waals surface area contributed by atoms with Gasteiger partial charge in [0.05, 0.1) is 28.1 Å². The number of thiocarbonyl (C=S) groups is 1. The lowest BCUT2D eigenvalue weighted by atomic mass is 10.2. The first kappa shape index (κ1) is 33.2. The van der Waals surface area contributed by atoms with Gasteiger partial charge in [0.15, 0.2) is 5.11 Å². The average Bonchev–Trinajstić information content (AvgIpc) is 3.48. The van der Waals surface area contributed by atoms with Crippen molar-refractivity contribution < 1.29 is 42.3 Å². The second-order valence-electron chi connectivity index (χ2n) is 9.85. The highest BCUT2D eigenvalue weighted by atomic mass is 32.2. The van der Waals surface area contributed by atoms with Crippen LogP contribution < -0.4 is 24.4 Å². The van der Waals surface area contributed by atoms with Gasteiger partial charge in [0.1, 0.15) is 29.2 Å². The maximum Gasteiger partial charge on any atom is 0.323 e. The molecule has 1 saturated heterocycles. The summed E-state index contributed by atoms with van der Waals surface area (Å²) in [6.07, 6.45) is 1.79. The molecule has 3 N–H and O–H groups in total. The molecule has 44 heavy (non-hydrogen) atoms. The Balaban J connectivity index is 1.93. The highest BCUT2D eigenvalue weighted by Crippen LogP contribution is 2.48. The van der Waals surface area contributed by atoms with Crippen molar-refractivity contribution in [1.82, 2.24) is 14.4 Å². The van der Waals surface area contributed by atoms with Crippen LogP contribution in [0.4, 0.5) is 5.69 Å². The highest BCUT2D eigenvalue weighted by molar-refractivity contribution is 8.03. The van der Waals surface area contributed by atoms with Crippen molar-refractivity contribution >= 4 is 85.4 Å². The largest absolute Gasteiger partial charge is 0.496 e. The number of aromatic nitrogens is 1. The van der Waals surface area contributed by atoms with Gasteiger partial charge in [-0.25, -0.2) is 0 Å². The van der Waals surface area contributed by atoms with Crippen molar-refractivity contribution in [3.8, 4) is 5.75 Å². The van der Waals surface area contributed by atoms with Gasteiger partial charge < -0.3 is 19.8 Å². The summed E-state index contributed by atoms with van der Waals surface area (Å²) in [5, 5.41) is 19.5. The van der Waals surface area contributed by atoms with E-state index in [1.165, 1.54) is 18.8 Å². The molecule has 0 saturated carbocycles. The van der Waals surface area contributed by atoms with Crippen LogP contribution in [0.15, 0.2) is 32.9 Å². The molecule has 14 nitrogen and oxygen atoms in total. The number of amides is 1. The molecule has 2 aliphatic rings. The summed E-state index contributed by atoms with van der Waals surface area (Å²) in [6, 6.07) is 3.72. The molecular weight excluding hydrogens is 657 g/mol. The third kappa shape index (κ3) is 6.68. The lowest BCUT2D eigenvalue weighted by Gasteiger charge is -2.21. The van der Waals surface area contributed by atoms with E-state index in [-0.39, 0.29) is 33.0 Å². The molecule has 2 aromatic rings. The molecule has 3 heterocycles. The number of carboxylic acids is 2. The third-order valence-electron chi connectivity index (χ3n) is 6.70. The number of thiazole rings is 1. The van der Waals surface area contributed by atoms with Crippen LogP contribution in [0.1, 0.15) is 18.9 Å². The van der Waals surface area contributed by atoms with Crippen molar-refractivity contribution in [2.24, 2.45) is 0 Å². The van der Waals surface area contributed by atoms with Crippen LogP contribution in [-0.4, -0.2) is 93.5 Å². The summed E-state index contributed by atoms with van der Waals surface area (Å²) < 4.78 is 38.4. The van der Waals surface area contributed by atoms with Gasteiger partial charge in [0.25, 0.3) is 21.6 Å². The molecule has 1 aromatic heterocycles. The Morgan fingerprint density at radius 1 is 1.11 bits per heavy atom. The van der Waals surface area contributed by atoms with E-state index in [9.17, 15) is 42.4 Å². The van der Waals surface area contributed by atoms with Gasteiger partial charge in [0.2, 0.25) is 0 Å². The Kier molecular flexibility index (Phi) is 9.60. The van der Waals surface area contributed by atoms with Crippen molar-refractivity contribution in [3.63, 3.8) is 0 Å². The quantitative estimate of drug-likeness (QED) is 0.232. The fourth-order valence-electron chi connectivity index (χ4n) is 4.69. The Hall–Kier alpha value is -3.71. The summed E-state index contributed by atoms with van der Waals surface area (Å²) in [5.41, 5.74) is 1.10. The van der Waals surface area contributed by atoms with E-state index in [0.717, 1.165) is 41.9 Å². The Morgan fingerprint density at radius 2 is 1.77 bits per heavy atom. The second kappa shape index (κ2) is 12.7. The van der Waals surface area contributed by atoms with Crippen molar-refractivity contribution in [3.05, 3.63) is 48.4 Å². The number of carbonyl (C=O) groups excluding carboxylic acids is 1. The number of likely N-dealkylation sites (N-methyl/N-ethyl adjacent to an activating group) is 1. The standard InChI is InChI=1S/C26H28N4O10S4/c1-13-8-15-17(10-16(13)40-4)42-18(28(15)6-5-7-44(37,38)39)9-14(2)22-24(36)30(12-20(33)34)25(43-22)21-23(35)27(3)26(41)29(21)11-19(31)32/h8-10H,5-7,11-12H2,1-4H3,(H,31,32)(H,33,34)(H,37,38,39)/b18-9?,22-14+,25-21+. The zero-order chi connectivity index (χ0) is 32.7. The molecule has 0 aliphatic carbocycles. The van der Waals surface area contributed by atoms with Crippen molar-refractivity contribution in [2.45, 2.75) is 31.7 Å². The lowest BCUT2D eigenvalue weighted by Crippen LogP contribution is -2.38. The normalized spacial score (nSPS) is 17.9. The number of carboxylic acid groups (broad SMARTS) is 2. The molecule has 4 rings (SSSR count). The Bertz CT molecular complexity index is 1910. The minimum Gasteiger partial charge on any atom is -0.496 e. The number of rotatable bonds is 10. The number of aliphatic carboxylic acids is 2. The van der Waals surface area contributed by atoms with Crippen molar-refractivity contribution in [1.29, 1.82) is 0 Å². The maximum absolute atomic E-state index is 13.6. The molecular formula is C26H28N4O10S4. The zero-order valence-electron chi connectivity index (χ0n) is 23.9. The number of methoxy groups -OCH3 is 1. The number of hydrogen-bond donors (Lipinski definition) is 3. The zero-order valence-corrected chi connectivity index (χ0v) is 27.2. The number of thioether (sulfide) groups is 1. The lowest BCUT2D eigenvalue weighted by molar-refractivity contribution is -0.138. The molecule has 0 unspecified atom stereocenters. The molecule has 236 valence electrons. The fourth-order valence-corrected chi connectivity index (χ4v) is 7.78. The molecule has 1 fully saturated rings. The van der Waals surface area contributed by atoms with E-state index in [0.29, 0.717) is 16.4 Å². The second-order valence-corrected chi connectivity index (χ2v) is 13.8. The number of aryl methyl sites for hydroxylation is 1. The van der Waals surface area contributed by atoms with Gasteiger partial charge in [-0.3, -0.25) is 38.1 Å². The van der Waals surface area contributed by atoms with E-state index < -0.39 is 52.4 Å². The van der Waals surface area contributed by atoms with Crippen LogP contribution in [0.5, 0.6) is 5.75 Å². The summed E-state index contributed by atoms with van der Waals surface area (Å²) >= 11 is 7.43. The van der Waals surface area contributed by atoms with Gasteiger partial charge in [-0.1, -0.05) is 11.8 Å².